The molecule has 0 aliphatic heterocycles. The molecule has 4 unspecified atom stereocenters. The number of hydrogen-bond acceptors (Lipinski definition) is 1. The molecule has 49 heavy (non-hydrogen) atoms. The topological polar surface area (TPSA) is 3.24 Å². The summed E-state index contributed by atoms with van der Waals surface area (Å²) in [6, 6.07) is 33.7. The monoisotopic (exact) mass is 647 g/mol. The van der Waals surface area contributed by atoms with Crippen molar-refractivity contribution in [3.05, 3.63) is 113 Å². The van der Waals surface area contributed by atoms with E-state index >= 15 is 0 Å². The van der Waals surface area contributed by atoms with Crippen molar-refractivity contribution in [2.45, 2.75) is 124 Å². The molecule has 3 aliphatic rings. The van der Waals surface area contributed by atoms with Gasteiger partial charge in [0.25, 0.3) is 0 Å². The van der Waals surface area contributed by atoms with Gasteiger partial charge in [0.2, 0.25) is 0 Å². The third kappa shape index (κ3) is 5.33. The van der Waals surface area contributed by atoms with E-state index < -0.39 is 0 Å². The smallest absolute Gasteiger partial charge is 0.0618 e. The summed E-state index contributed by atoms with van der Waals surface area (Å²) in [5, 5.41) is 5.40. The molecule has 1 heteroatoms. The molecule has 1 nitrogen and oxygen atoms in total. The summed E-state index contributed by atoms with van der Waals surface area (Å²) in [7, 11) is 0. The largest absolute Gasteiger partial charge is 0.309 e. The Hall–Kier alpha value is -3.58. The van der Waals surface area contributed by atoms with Gasteiger partial charge in [-0.2, -0.15) is 0 Å². The summed E-state index contributed by atoms with van der Waals surface area (Å²) in [5.74, 6) is 2.49. The van der Waals surface area contributed by atoms with E-state index in [0.29, 0.717) is 11.3 Å². The molecule has 5 aromatic carbocycles. The summed E-state index contributed by atoms with van der Waals surface area (Å²) < 4.78 is 0. The van der Waals surface area contributed by atoms with Crippen molar-refractivity contribution in [1.29, 1.82) is 0 Å². The van der Waals surface area contributed by atoms with E-state index in [1.807, 2.05) is 0 Å². The Morgan fingerprint density at radius 2 is 1.29 bits per heavy atom. The highest BCUT2D eigenvalue weighted by molar-refractivity contribution is 6.14. The van der Waals surface area contributed by atoms with Crippen molar-refractivity contribution in [2.24, 2.45) is 17.3 Å². The van der Waals surface area contributed by atoms with Gasteiger partial charge in [-0.1, -0.05) is 118 Å². The van der Waals surface area contributed by atoms with Gasteiger partial charge in [-0.15, -0.1) is 0 Å². The molecule has 2 saturated carbocycles. The molecule has 8 rings (SSSR count). The highest BCUT2D eigenvalue weighted by Gasteiger charge is 2.58. The predicted octanol–water partition coefficient (Wildman–Crippen LogP) is 13.8. The average molecular weight is 648 g/mol. The molecule has 2 bridgehead atoms. The third-order valence-corrected chi connectivity index (χ3v) is 13.1. The van der Waals surface area contributed by atoms with Crippen LogP contribution in [0.5, 0.6) is 0 Å². The summed E-state index contributed by atoms with van der Waals surface area (Å²) in [5.41, 5.74) is 11.8. The first-order valence-corrected chi connectivity index (χ1v) is 19.1. The average Bonchev–Trinajstić information content (AvgIpc) is 3.22. The highest BCUT2D eigenvalue weighted by Crippen LogP contribution is 2.68. The fraction of sp³-hybridized carbons (Fsp3) is 0.458. The molecule has 3 aliphatic carbocycles. The zero-order valence-electron chi connectivity index (χ0n) is 31.8. The molecule has 0 heterocycles. The lowest BCUT2D eigenvalue weighted by atomic mass is 9.53. The SMILES string of the molecule is CC1CC2CC3CC12CCc1cc2cc4ccccc4c(N(c4cccc(C(C)(C)C)c4)c4cc(C(C)(C)C)cc(C(C)(C)C)c4)c2cc13. The van der Waals surface area contributed by atoms with E-state index in [9.17, 15) is 0 Å². The quantitative estimate of drug-likeness (QED) is 0.176. The van der Waals surface area contributed by atoms with Crippen LogP contribution in [0, 0.1) is 17.3 Å². The standard InChI is InChI=1S/C48H57N/c1-30-20-38-23-34-29-48(30,38)19-18-32-22-33-21-31-14-11-12-17-41(31)44(43(33)28-42(32)34)49(39-16-13-15-35(25-39)45(2,3)4)40-26-36(46(5,6)7)24-37(27-40)47(8,9)10/h11-17,21-22,24-28,30,34,38H,18-20,23,29H2,1-10H3. The lowest BCUT2D eigenvalue weighted by Gasteiger charge is -2.52. The van der Waals surface area contributed by atoms with Gasteiger partial charge in [-0.05, 0) is 147 Å². The molecule has 0 radical (unpaired) electrons. The minimum atomic E-state index is 0.0159. The van der Waals surface area contributed by atoms with Gasteiger partial charge in [-0.3, -0.25) is 0 Å². The van der Waals surface area contributed by atoms with Gasteiger partial charge in [0.15, 0.2) is 0 Å². The number of nitrogens with zero attached hydrogens (tertiary/aromatic N) is 1. The summed E-state index contributed by atoms with van der Waals surface area (Å²) >= 11 is 0. The molecule has 1 spiro atoms. The number of benzene rings is 5. The van der Waals surface area contributed by atoms with Gasteiger partial charge in [0.1, 0.15) is 0 Å². The van der Waals surface area contributed by atoms with Crippen LogP contribution in [0.25, 0.3) is 21.5 Å². The second-order valence-electron chi connectivity index (χ2n) is 19.3. The summed E-state index contributed by atoms with van der Waals surface area (Å²) in [4.78, 5) is 2.63. The molecule has 254 valence electrons. The maximum atomic E-state index is 2.67. The molecule has 2 fully saturated rings. The maximum Gasteiger partial charge on any atom is 0.0618 e. The first-order valence-electron chi connectivity index (χ1n) is 19.1. The first kappa shape index (κ1) is 32.6. The molecule has 0 saturated heterocycles. The van der Waals surface area contributed by atoms with E-state index in [1.165, 1.54) is 87.4 Å². The number of fused-ring (bicyclic) bond motifs is 5. The van der Waals surface area contributed by atoms with Crippen molar-refractivity contribution < 1.29 is 0 Å². The van der Waals surface area contributed by atoms with Gasteiger partial charge in [0.05, 0.1) is 5.69 Å². The molecule has 5 aromatic rings. The Morgan fingerprint density at radius 3 is 1.96 bits per heavy atom. The zero-order chi connectivity index (χ0) is 34.7. The van der Waals surface area contributed by atoms with Crippen LogP contribution in [0.15, 0.2) is 84.9 Å². The van der Waals surface area contributed by atoms with Gasteiger partial charge < -0.3 is 4.90 Å². The third-order valence-electron chi connectivity index (χ3n) is 13.1. The fourth-order valence-electron chi connectivity index (χ4n) is 10.00. The molecular weight excluding hydrogens is 591 g/mol. The summed E-state index contributed by atoms with van der Waals surface area (Å²) in [6.07, 6.45) is 6.80. The Morgan fingerprint density at radius 1 is 0.612 bits per heavy atom. The van der Waals surface area contributed by atoms with Crippen molar-refractivity contribution >= 4 is 38.6 Å². The number of aryl methyl sites for hydroxylation is 1. The van der Waals surface area contributed by atoms with Crippen molar-refractivity contribution in [3.63, 3.8) is 0 Å². The Labute approximate surface area is 296 Å². The summed E-state index contributed by atoms with van der Waals surface area (Å²) in [6.45, 7) is 23.7. The van der Waals surface area contributed by atoms with E-state index in [-0.39, 0.29) is 16.2 Å². The second kappa shape index (κ2) is 11.0. The van der Waals surface area contributed by atoms with Crippen molar-refractivity contribution in [1.82, 2.24) is 0 Å². The van der Waals surface area contributed by atoms with E-state index in [1.54, 1.807) is 11.1 Å². The normalized spacial score (nSPS) is 23.6. The van der Waals surface area contributed by atoms with Crippen LogP contribution in [-0.4, -0.2) is 0 Å². The second-order valence-corrected chi connectivity index (χ2v) is 19.3. The van der Waals surface area contributed by atoms with Crippen LogP contribution in [0.1, 0.15) is 129 Å². The maximum absolute atomic E-state index is 2.67. The van der Waals surface area contributed by atoms with E-state index in [2.05, 4.69) is 159 Å². The Kier molecular flexibility index (Phi) is 7.29. The zero-order valence-corrected chi connectivity index (χ0v) is 31.8. The van der Waals surface area contributed by atoms with Crippen LogP contribution in [-0.2, 0) is 22.7 Å². The lowest BCUT2D eigenvalue weighted by Crippen LogP contribution is -2.44. The van der Waals surface area contributed by atoms with Crippen LogP contribution < -0.4 is 4.90 Å². The van der Waals surface area contributed by atoms with Gasteiger partial charge in [-0.25, -0.2) is 0 Å². The van der Waals surface area contributed by atoms with Gasteiger partial charge >= 0.3 is 0 Å². The Bertz CT molecular complexity index is 2060. The number of hydrogen-bond donors (Lipinski definition) is 0. The predicted molar refractivity (Wildman–Crippen MR) is 212 cm³/mol. The highest BCUT2D eigenvalue weighted by atomic mass is 15.1. The van der Waals surface area contributed by atoms with E-state index in [0.717, 1.165) is 11.8 Å². The molecular formula is C48H57N. The number of anilines is 3. The molecule has 4 atom stereocenters. The van der Waals surface area contributed by atoms with Crippen LogP contribution in [0.3, 0.4) is 0 Å². The molecule has 0 N–H and O–H groups in total. The fourth-order valence-corrected chi connectivity index (χ4v) is 10.00. The number of rotatable bonds is 3. The van der Waals surface area contributed by atoms with E-state index in [4.69, 9.17) is 0 Å². The van der Waals surface area contributed by atoms with Crippen LogP contribution >= 0.6 is 0 Å². The van der Waals surface area contributed by atoms with Crippen molar-refractivity contribution in [3.8, 4) is 0 Å². The molecule has 0 aromatic heterocycles. The lowest BCUT2D eigenvalue weighted by molar-refractivity contribution is -0.0225. The molecule has 0 amide bonds. The van der Waals surface area contributed by atoms with Gasteiger partial charge in [0, 0.05) is 22.1 Å². The minimum absolute atomic E-state index is 0.0159. The first-order chi connectivity index (χ1) is 23.0. The van der Waals surface area contributed by atoms with Crippen molar-refractivity contribution in [2.75, 3.05) is 4.90 Å². The Balaban J connectivity index is 1.46. The van der Waals surface area contributed by atoms with Crippen LogP contribution in [0.2, 0.25) is 0 Å². The van der Waals surface area contributed by atoms with Crippen LogP contribution in [0.4, 0.5) is 17.1 Å². The minimum Gasteiger partial charge on any atom is -0.309 e.